The number of thiazole rings is 1. The predicted molar refractivity (Wildman–Crippen MR) is 70.1 cm³/mol. The van der Waals surface area contributed by atoms with Crippen molar-refractivity contribution < 1.29 is 4.74 Å². The van der Waals surface area contributed by atoms with E-state index in [1.807, 2.05) is 18.0 Å². The largest absolute Gasteiger partial charge is 0.369 e. The van der Waals surface area contributed by atoms with Gasteiger partial charge in [-0.25, -0.2) is 4.98 Å². The Bertz CT molecular complexity index is 322. The lowest BCUT2D eigenvalue weighted by Crippen LogP contribution is -2.21. The highest BCUT2D eigenvalue weighted by Crippen LogP contribution is 2.29. The van der Waals surface area contributed by atoms with Gasteiger partial charge in [0, 0.05) is 35.2 Å². The Hall–Kier alpha value is -0.100. The maximum Gasteiger partial charge on any atom is 0.123 e. The van der Waals surface area contributed by atoms with Crippen LogP contribution in [0.25, 0.3) is 0 Å². The highest BCUT2D eigenvalue weighted by atomic mass is 32.2. The van der Waals surface area contributed by atoms with Gasteiger partial charge in [0.25, 0.3) is 0 Å². The third-order valence-corrected chi connectivity index (χ3v) is 4.43. The zero-order chi connectivity index (χ0) is 11.4. The molecule has 1 aliphatic heterocycles. The first kappa shape index (κ1) is 12.4. The molecular weight excluding hydrogens is 240 g/mol. The number of ether oxygens (including phenoxy) is 1. The number of aromatic nitrogens is 1. The molecule has 0 amide bonds. The summed E-state index contributed by atoms with van der Waals surface area (Å²) in [5, 5.41) is 4.53. The summed E-state index contributed by atoms with van der Waals surface area (Å²) in [6.45, 7) is 6.08. The monoisotopic (exact) mass is 258 g/mol. The average Bonchev–Trinajstić information content (AvgIpc) is 2.76. The van der Waals surface area contributed by atoms with Crippen LogP contribution in [0.15, 0.2) is 6.20 Å². The maximum atomic E-state index is 5.71. The first-order valence-corrected chi connectivity index (χ1v) is 7.60. The van der Waals surface area contributed by atoms with Crippen molar-refractivity contribution in [1.29, 1.82) is 0 Å². The van der Waals surface area contributed by atoms with E-state index < -0.39 is 0 Å². The number of rotatable bonds is 4. The van der Waals surface area contributed by atoms with Crippen LogP contribution in [0, 0.1) is 0 Å². The molecule has 0 aromatic carbocycles. The Labute approximate surface area is 105 Å². The third kappa shape index (κ3) is 3.45. The summed E-state index contributed by atoms with van der Waals surface area (Å²) in [4.78, 5) is 5.75. The fraction of sp³-hybridized carbons (Fsp3) is 0.727. The Morgan fingerprint density at radius 3 is 3.19 bits per heavy atom. The molecule has 1 fully saturated rings. The standard InChI is InChI=1S/C11H18N2OS2/c1-8(2)12-5-9-6-13-11(16-9)10-7-15-4-3-14-10/h6,8,10,12H,3-5,7H2,1-2H3. The molecule has 0 spiro atoms. The van der Waals surface area contributed by atoms with E-state index in [-0.39, 0.29) is 6.10 Å². The molecule has 1 aliphatic rings. The zero-order valence-corrected chi connectivity index (χ0v) is 11.4. The van der Waals surface area contributed by atoms with Crippen LogP contribution in [0.5, 0.6) is 0 Å². The lowest BCUT2D eigenvalue weighted by atomic mass is 10.4. The van der Waals surface area contributed by atoms with Crippen molar-refractivity contribution in [3.05, 3.63) is 16.1 Å². The van der Waals surface area contributed by atoms with Crippen LogP contribution in [0.4, 0.5) is 0 Å². The molecular formula is C11H18N2OS2. The van der Waals surface area contributed by atoms with Crippen molar-refractivity contribution in [3.8, 4) is 0 Å². The van der Waals surface area contributed by atoms with Gasteiger partial charge < -0.3 is 10.1 Å². The van der Waals surface area contributed by atoms with E-state index in [1.165, 1.54) is 4.88 Å². The van der Waals surface area contributed by atoms with E-state index >= 15 is 0 Å². The fourth-order valence-corrected chi connectivity index (χ4v) is 3.36. The Morgan fingerprint density at radius 1 is 1.62 bits per heavy atom. The summed E-state index contributed by atoms with van der Waals surface area (Å²) in [5.74, 6) is 2.16. The molecule has 0 bridgehead atoms. The first-order chi connectivity index (χ1) is 7.75. The predicted octanol–water partition coefficient (Wildman–Crippen LogP) is 2.45. The maximum absolute atomic E-state index is 5.71. The van der Waals surface area contributed by atoms with Gasteiger partial charge in [-0.3, -0.25) is 0 Å². The molecule has 1 unspecified atom stereocenters. The highest BCUT2D eigenvalue weighted by Gasteiger charge is 2.19. The summed E-state index contributed by atoms with van der Waals surface area (Å²) < 4.78 is 5.71. The molecule has 5 heteroatoms. The molecule has 3 nitrogen and oxygen atoms in total. The number of thioether (sulfide) groups is 1. The minimum Gasteiger partial charge on any atom is -0.369 e. The molecule has 1 saturated heterocycles. The molecule has 1 atom stereocenters. The van der Waals surface area contributed by atoms with Crippen molar-refractivity contribution in [2.75, 3.05) is 18.1 Å². The van der Waals surface area contributed by atoms with Gasteiger partial charge >= 0.3 is 0 Å². The zero-order valence-electron chi connectivity index (χ0n) is 9.73. The molecule has 90 valence electrons. The number of hydrogen-bond donors (Lipinski definition) is 1. The van der Waals surface area contributed by atoms with Crippen molar-refractivity contribution in [2.45, 2.75) is 32.5 Å². The van der Waals surface area contributed by atoms with E-state index in [0.29, 0.717) is 6.04 Å². The van der Waals surface area contributed by atoms with E-state index in [1.54, 1.807) is 11.3 Å². The van der Waals surface area contributed by atoms with Crippen LogP contribution in [0.1, 0.15) is 29.8 Å². The quantitative estimate of drug-likeness (QED) is 0.899. The number of nitrogens with one attached hydrogen (secondary N) is 1. The van der Waals surface area contributed by atoms with Gasteiger partial charge in [-0.15, -0.1) is 11.3 Å². The summed E-state index contributed by atoms with van der Waals surface area (Å²) in [5.41, 5.74) is 0. The average molecular weight is 258 g/mol. The number of hydrogen-bond acceptors (Lipinski definition) is 5. The van der Waals surface area contributed by atoms with Crippen LogP contribution in [0.2, 0.25) is 0 Å². The van der Waals surface area contributed by atoms with Crippen molar-refractivity contribution >= 4 is 23.1 Å². The fourth-order valence-electron chi connectivity index (χ4n) is 1.49. The second-order valence-corrected chi connectivity index (χ2v) is 6.43. The molecule has 0 aliphatic carbocycles. The molecule has 2 rings (SSSR count). The Balaban J connectivity index is 1.90. The van der Waals surface area contributed by atoms with Gasteiger partial charge in [-0.05, 0) is 0 Å². The molecule has 1 N–H and O–H groups in total. The van der Waals surface area contributed by atoms with Gasteiger partial charge in [0.05, 0.1) is 6.61 Å². The van der Waals surface area contributed by atoms with E-state index in [4.69, 9.17) is 4.74 Å². The Kier molecular flexibility index (Phi) is 4.64. The van der Waals surface area contributed by atoms with Gasteiger partial charge in [-0.1, -0.05) is 13.8 Å². The molecule has 2 heterocycles. The van der Waals surface area contributed by atoms with Crippen molar-refractivity contribution in [2.24, 2.45) is 0 Å². The lowest BCUT2D eigenvalue weighted by molar-refractivity contribution is 0.0755. The van der Waals surface area contributed by atoms with Crippen LogP contribution in [-0.4, -0.2) is 29.1 Å². The van der Waals surface area contributed by atoms with Crippen molar-refractivity contribution in [1.82, 2.24) is 10.3 Å². The van der Waals surface area contributed by atoms with Crippen LogP contribution in [0.3, 0.4) is 0 Å². The van der Waals surface area contributed by atoms with E-state index in [9.17, 15) is 0 Å². The molecule has 0 saturated carbocycles. The molecule has 0 radical (unpaired) electrons. The van der Waals surface area contributed by atoms with E-state index in [2.05, 4.69) is 24.1 Å². The first-order valence-electron chi connectivity index (χ1n) is 5.63. The molecule has 16 heavy (non-hydrogen) atoms. The SMILES string of the molecule is CC(C)NCc1cnc(C2CSCCO2)s1. The van der Waals surface area contributed by atoms with Crippen LogP contribution < -0.4 is 5.32 Å². The van der Waals surface area contributed by atoms with Gasteiger partial charge in [-0.2, -0.15) is 11.8 Å². The lowest BCUT2D eigenvalue weighted by Gasteiger charge is -2.19. The second kappa shape index (κ2) is 6.00. The van der Waals surface area contributed by atoms with Gasteiger partial charge in [0.2, 0.25) is 0 Å². The van der Waals surface area contributed by atoms with Crippen molar-refractivity contribution in [3.63, 3.8) is 0 Å². The van der Waals surface area contributed by atoms with Crippen LogP contribution in [-0.2, 0) is 11.3 Å². The third-order valence-electron chi connectivity index (χ3n) is 2.35. The summed E-state index contributed by atoms with van der Waals surface area (Å²) >= 11 is 3.72. The minimum atomic E-state index is 0.219. The van der Waals surface area contributed by atoms with Gasteiger partial charge in [0.15, 0.2) is 0 Å². The van der Waals surface area contributed by atoms with E-state index in [0.717, 1.165) is 29.7 Å². The Morgan fingerprint density at radius 2 is 2.50 bits per heavy atom. The summed E-state index contributed by atoms with van der Waals surface area (Å²) in [6.07, 6.45) is 2.19. The normalized spacial score (nSPS) is 21.6. The van der Waals surface area contributed by atoms with Gasteiger partial charge in [0.1, 0.15) is 11.1 Å². The second-order valence-electron chi connectivity index (χ2n) is 4.13. The molecule has 1 aromatic heterocycles. The smallest absolute Gasteiger partial charge is 0.123 e. The molecule has 1 aromatic rings. The minimum absolute atomic E-state index is 0.219. The number of nitrogens with zero attached hydrogens (tertiary/aromatic N) is 1. The topological polar surface area (TPSA) is 34.2 Å². The van der Waals surface area contributed by atoms with Crippen LogP contribution >= 0.6 is 23.1 Å². The summed E-state index contributed by atoms with van der Waals surface area (Å²) in [7, 11) is 0. The highest BCUT2D eigenvalue weighted by molar-refractivity contribution is 7.99. The summed E-state index contributed by atoms with van der Waals surface area (Å²) in [6, 6.07) is 0.520.